The van der Waals surface area contributed by atoms with Crippen molar-refractivity contribution in [1.29, 1.82) is 0 Å². The van der Waals surface area contributed by atoms with E-state index in [1.54, 1.807) is 24.3 Å². The van der Waals surface area contributed by atoms with E-state index < -0.39 is 0 Å². The number of benzene rings is 2. The van der Waals surface area contributed by atoms with Gasteiger partial charge in [0.05, 0.1) is 5.69 Å². The van der Waals surface area contributed by atoms with Gasteiger partial charge in [-0.05, 0) is 42.8 Å². The number of carbonyl (C=O) groups is 1. The maximum absolute atomic E-state index is 11.8. The molecule has 0 saturated heterocycles. The number of amides is 1. The molecule has 110 valence electrons. The zero-order chi connectivity index (χ0) is 15.1. The monoisotopic (exact) mass is 303 g/mol. The van der Waals surface area contributed by atoms with Crippen LogP contribution in [0.4, 0.5) is 5.69 Å². The number of anilines is 1. The molecule has 0 aromatic heterocycles. The average molecular weight is 304 g/mol. The summed E-state index contributed by atoms with van der Waals surface area (Å²) in [7, 11) is 0. The van der Waals surface area contributed by atoms with Gasteiger partial charge in [-0.2, -0.15) is 0 Å². The number of hydrogen-bond acceptors (Lipinski definition) is 2. The van der Waals surface area contributed by atoms with Crippen molar-refractivity contribution >= 4 is 23.2 Å². The van der Waals surface area contributed by atoms with E-state index in [9.17, 15) is 4.79 Å². The molecule has 0 saturated carbocycles. The summed E-state index contributed by atoms with van der Waals surface area (Å²) in [5.41, 5.74) is 0.675. The Labute approximate surface area is 129 Å². The van der Waals surface area contributed by atoms with Gasteiger partial charge in [0.25, 0.3) is 0 Å². The van der Waals surface area contributed by atoms with Crippen LogP contribution in [0.1, 0.15) is 26.2 Å². The fourth-order valence-electron chi connectivity index (χ4n) is 1.84. The van der Waals surface area contributed by atoms with E-state index in [-0.39, 0.29) is 5.91 Å². The van der Waals surface area contributed by atoms with Gasteiger partial charge in [-0.15, -0.1) is 0 Å². The number of rotatable bonds is 6. The van der Waals surface area contributed by atoms with E-state index >= 15 is 0 Å². The number of ether oxygens (including phenoxy) is 1. The fraction of sp³-hybridized carbons (Fsp3) is 0.235. The Morgan fingerprint density at radius 3 is 2.57 bits per heavy atom. The number of hydrogen-bond donors (Lipinski definition) is 1. The lowest BCUT2D eigenvalue weighted by atomic mass is 10.2. The lowest BCUT2D eigenvalue weighted by molar-refractivity contribution is -0.116. The van der Waals surface area contributed by atoms with Crippen LogP contribution in [0.3, 0.4) is 0 Å². The second-order valence-electron chi connectivity index (χ2n) is 4.70. The molecule has 0 bridgehead atoms. The van der Waals surface area contributed by atoms with E-state index in [1.165, 1.54) is 0 Å². The molecule has 1 N–H and O–H groups in total. The summed E-state index contributed by atoms with van der Waals surface area (Å²) in [4.78, 5) is 11.8. The molecule has 0 radical (unpaired) electrons. The highest BCUT2D eigenvalue weighted by molar-refractivity contribution is 6.30. The molecular weight excluding hydrogens is 286 g/mol. The molecule has 0 fully saturated rings. The van der Waals surface area contributed by atoms with Crippen molar-refractivity contribution in [2.45, 2.75) is 26.2 Å². The number of nitrogens with one attached hydrogen (secondary N) is 1. The van der Waals surface area contributed by atoms with E-state index in [2.05, 4.69) is 12.2 Å². The van der Waals surface area contributed by atoms with E-state index in [1.807, 2.05) is 24.3 Å². The Balaban J connectivity index is 2.09. The quantitative estimate of drug-likeness (QED) is 0.790. The molecule has 0 aliphatic heterocycles. The first-order chi connectivity index (χ1) is 10.2. The predicted octanol–water partition coefficient (Wildman–Crippen LogP) is 5.26. The molecule has 4 heteroatoms. The van der Waals surface area contributed by atoms with Gasteiger partial charge in [0.1, 0.15) is 5.75 Å². The van der Waals surface area contributed by atoms with Crippen molar-refractivity contribution in [3.63, 3.8) is 0 Å². The Bertz CT molecular complexity index is 596. The lowest BCUT2D eigenvalue weighted by Crippen LogP contribution is -2.11. The molecule has 0 atom stereocenters. The molecule has 0 spiro atoms. The highest BCUT2D eigenvalue weighted by atomic mass is 35.5. The fourth-order valence-corrected chi connectivity index (χ4v) is 1.96. The van der Waals surface area contributed by atoms with Gasteiger partial charge in [0.2, 0.25) is 5.91 Å². The van der Waals surface area contributed by atoms with E-state index in [0.29, 0.717) is 28.6 Å². The Morgan fingerprint density at radius 2 is 1.86 bits per heavy atom. The summed E-state index contributed by atoms with van der Waals surface area (Å²) >= 11 is 5.85. The first-order valence-corrected chi connectivity index (χ1v) is 7.39. The molecule has 0 unspecified atom stereocenters. The molecule has 2 aromatic rings. The van der Waals surface area contributed by atoms with Crippen molar-refractivity contribution in [1.82, 2.24) is 0 Å². The molecule has 2 rings (SSSR count). The smallest absolute Gasteiger partial charge is 0.224 e. The maximum atomic E-state index is 11.8. The summed E-state index contributed by atoms with van der Waals surface area (Å²) in [6.45, 7) is 2.06. The normalized spacial score (nSPS) is 10.2. The highest BCUT2D eigenvalue weighted by Crippen LogP contribution is 2.30. The lowest BCUT2D eigenvalue weighted by Gasteiger charge is -2.12. The van der Waals surface area contributed by atoms with Gasteiger partial charge in [0, 0.05) is 11.4 Å². The van der Waals surface area contributed by atoms with Crippen molar-refractivity contribution in [2.24, 2.45) is 0 Å². The minimum atomic E-state index is 0.00371. The van der Waals surface area contributed by atoms with Crippen LogP contribution < -0.4 is 10.1 Å². The minimum Gasteiger partial charge on any atom is -0.455 e. The molecular formula is C17H18ClNO2. The highest BCUT2D eigenvalue weighted by Gasteiger charge is 2.08. The number of halogens is 1. The number of unbranched alkanes of at least 4 members (excludes halogenated alkanes) is 1. The largest absolute Gasteiger partial charge is 0.455 e. The molecule has 0 aliphatic carbocycles. The summed E-state index contributed by atoms with van der Waals surface area (Å²) < 4.78 is 5.80. The van der Waals surface area contributed by atoms with Crippen LogP contribution in [0, 0.1) is 0 Å². The van der Waals surface area contributed by atoms with Gasteiger partial charge < -0.3 is 10.1 Å². The Hall–Kier alpha value is -2.00. The predicted molar refractivity (Wildman–Crippen MR) is 86.1 cm³/mol. The average Bonchev–Trinajstić information content (AvgIpc) is 2.49. The van der Waals surface area contributed by atoms with Crippen molar-refractivity contribution in [3.05, 3.63) is 53.6 Å². The zero-order valence-electron chi connectivity index (χ0n) is 11.9. The van der Waals surface area contributed by atoms with Gasteiger partial charge in [-0.1, -0.05) is 37.1 Å². The number of para-hydroxylation sites is 2. The second-order valence-corrected chi connectivity index (χ2v) is 5.14. The molecule has 0 aliphatic rings. The topological polar surface area (TPSA) is 38.3 Å². The van der Waals surface area contributed by atoms with Crippen LogP contribution in [0.15, 0.2) is 48.5 Å². The number of carbonyl (C=O) groups excluding carboxylic acids is 1. The van der Waals surface area contributed by atoms with Crippen LogP contribution in [0.2, 0.25) is 5.02 Å². The SMILES string of the molecule is CCCCC(=O)Nc1ccccc1Oc1ccc(Cl)cc1. The third-order valence-electron chi connectivity index (χ3n) is 2.96. The Kier molecular flexibility index (Phi) is 5.64. The Morgan fingerprint density at radius 1 is 1.14 bits per heavy atom. The molecule has 21 heavy (non-hydrogen) atoms. The van der Waals surface area contributed by atoms with Gasteiger partial charge in [-0.3, -0.25) is 4.79 Å². The summed E-state index contributed by atoms with van der Waals surface area (Å²) in [6, 6.07) is 14.5. The van der Waals surface area contributed by atoms with Gasteiger partial charge in [-0.25, -0.2) is 0 Å². The van der Waals surface area contributed by atoms with E-state index in [4.69, 9.17) is 16.3 Å². The van der Waals surface area contributed by atoms with E-state index in [0.717, 1.165) is 12.8 Å². The third-order valence-corrected chi connectivity index (χ3v) is 3.21. The second kappa shape index (κ2) is 7.70. The maximum Gasteiger partial charge on any atom is 0.224 e. The van der Waals surface area contributed by atoms with Crippen LogP contribution >= 0.6 is 11.6 Å². The van der Waals surface area contributed by atoms with Crippen molar-refractivity contribution < 1.29 is 9.53 Å². The van der Waals surface area contributed by atoms with Gasteiger partial charge in [0.15, 0.2) is 5.75 Å². The van der Waals surface area contributed by atoms with Crippen LogP contribution in [0.5, 0.6) is 11.5 Å². The first-order valence-electron chi connectivity index (χ1n) is 7.01. The van der Waals surface area contributed by atoms with Gasteiger partial charge >= 0.3 is 0 Å². The first kappa shape index (κ1) is 15.4. The molecule has 1 amide bonds. The van der Waals surface area contributed by atoms with Crippen molar-refractivity contribution in [3.8, 4) is 11.5 Å². The zero-order valence-corrected chi connectivity index (χ0v) is 12.7. The summed E-state index contributed by atoms with van der Waals surface area (Å²) in [5, 5.41) is 3.54. The minimum absolute atomic E-state index is 0.00371. The summed E-state index contributed by atoms with van der Waals surface area (Å²) in [5.74, 6) is 1.29. The summed E-state index contributed by atoms with van der Waals surface area (Å²) in [6.07, 6.45) is 2.40. The van der Waals surface area contributed by atoms with Crippen LogP contribution in [-0.4, -0.2) is 5.91 Å². The van der Waals surface area contributed by atoms with Crippen LogP contribution in [-0.2, 0) is 4.79 Å². The standard InChI is InChI=1S/C17H18ClNO2/c1-2-3-8-17(20)19-15-6-4-5-7-16(15)21-14-11-9-13(18)10-12-14/h4-7,9-12H,2-3,8H2,1H3,(H,19,20). The van der Waals surface area contributed by atoms with Crippen molar-refractivity contribution in [2.75, 3.05) is 5.32 Å². The van der Waals surface area contributed by atoms with Crippen LogP contribution in [0.25, 0.3) is 0 Å². The third kappa shape index (κ3) is 4.80. The molecule has 2 aromatic carbocycles. The molecule has 3 nitrogen and oxygen atoms in total. The molecule has 0 heterocycles.